The largest absolute Gasteiger partial charge is 0.394 e. The second kappa shape index (κ2) is 8.97. The number of aliphatic hydroxyl groups is 2. The highest BCUT2D eigenvalue weighted by Gasteiger charge is 2.35. The molecule has 136 valence electrons. The highest BCUT2D eigenvalue weighted by Crippen LogP contribution is 2.27. The summed E-state index contributed by atoms with van der Waals surface area (Å²) in [7, 11) is 0. The summed E-state index contributed by atoms with van der Waals surface area (Å²) in [5.74, 6) is 0. The lowest BCUT2D eigenvalue weighted by Crippen LogP contribution is -2.34. The molecule has 6 N–H and O–H groups in total. The number of aliphatic hydroxyl groups excluding tert-OH is 2. The Labute approximate surface area is 139 Å². The van der Waals surface area contributed by atoms with Crippen LogP contribution in [0.1, 0.15) is 38.3 Å². The summed E-state index contributed by atoms with van der Waals surface area (Å²) < 4.78 is 6.69. The maximum absolute atomic E-state index is 12.0. The maximum atomic E-state index is 12.0. The average Bonchev–Trinajstić information content (AvgIpc) is 2.93. The van der Waals surface area contributed by atoms with Gasteiger partial charge in [-0.3, -0.25) is 14.3 Å². The van der Waals surface area contributed by atoms with Gasteiger partial charge in [-0.05, 0) is 19.4 Å². The summed E-state index contributed by atoms with van der Waals surface area (Å²) in [5, 5.41) is 21.9. The van der Waals surface area contributed by atoms with E-state index in [1.807, 2.05) is 0 Å². The molecule has 0 saturated carbocycles. The first-order valence-corrected chi connectivity index (χ1v) is 8.30. The van der Waals surface area contributed by atoms with Crippen molar-refractivity contribution in [3.63, 3.8) is 0 Å². The number of hydrogen-bond donors (Lipinski definition) is 5. The van der Waals surface area contributed by atoms with Crippen molar-refractivity contribution in [3.05, 3.63) is 27.0 Å². The zero-order chi connectivity index (χ0) is 17.5. The minimum Gasteiger partial charge on any atom is -0.394 e. The van der Waals surface area contributed by atoms with E-state index in [0.717, 1.165) is 25.7 Å². The molecule has 2 heterocycles. The summed E-state index contributed by atoms with van der Waals surface area (Å²) >= 11 is 0. The molecule has 0 radical (unpaired) electrons. The van der Waals surface area contributed by atoms with Gasteiger partial charge >= 0.3 is 5.69 Å². The Bertz CT molecular complexity index is 629. The normalized spacial score (nSPS) is 23.5. The van der Waals surface area contributed by atoms with Crippen LogP contribution in [0.4, 0.5) is 5.69 Å². The Morgan fingerprint density at radius 3 is 2.75 bits per heavy atom. The molecule has 1 fully saturated rings. The number of nitrogens with two attached hydrogens (primary N) is 1. The second-order valence-electron chi connectivity index (χ2n) is 5.95. The number of anilines is 1. The number of hydrogen-bond acceptors (Lipinski definition) is 7. The minimum absolute atomic E-state index is 0.176. The topological polar surface area (TPSA) is 143 Å². The van der Waals surface area contributed by atoms with E-state index in [4.69, 9.17) is 15.6 Å². The quantitative estimate of drug-likeness (QED) is 0.366. The van der Waals surface area contributed by atoms with Gasteiger partial charge in [0.1, 0.15) is 18.0 Å². The maximum Gasteiger partial charge on any atom is 0.330 e. The number of aromatic amines is 1. The van der Waals surface area contributed by atoms with Crippen molar-refractivity contribution >= 4 is 5.69 Å². The van der Waals surface area contributed by atoms with Crippen LogP contribution in [0.15, 0.2) is 15.8 Å². The Morgan fingerprint density at radius 1 is 1.33 bits per heavy atom. The van der Waals surface area contributed by atoms with Crippen LogP contribution in [-0.4, -0.2) is 51.7 Å². The molecule has 1 aromatic rings. The van der Waals surface area contributed by atoms with Gasteiger partial charge in [-0.1, -0.05) is 12.8 Å². The molecule has 0 aromatic carbocycles. The van der Waals surface area contributed by atoms with Gasteiger partial charge in [0.15, 0.2) is 0 Å². The third kappa shape index (κ3) is 4.67. The molecule has 0 bridgehead atoms. The predicted molar refractivity (Wildman–Crippen MR) is 89.0 cm³/mol. The Balaban J connectivity index is 2.01. The highest BCUT2D eigenvalue weighted by atomic mass is 16.5. The summed E-state index contributed by atoms with van der Waals surface area (Å²) in [5.41, 5.74) is 4.61. The highest BCUT2D eigenvalue weighted by molar-refractivity contribution is 5.37. The minimum atomic E-state index is -0.849. The van der Waals surface area contributed by atoms with Gasteiger partial charge in [-0.15, -0.1) is 0 Å². The lowest BCUT2D eigenvalue weighted by atomic mass is 10.2. The van der Waals surface area contributed by atoms with Crippen LogP contribution in [0.5, 0.6) is 0 Å². The van der Waals surface area contributed by atoms with Crippen molar-refractivity contribution in [1.29, 1.82) is 0 Å². The average molecular weight is 342 g/mol. The fourth-order valence-corrected chi connectivity index (χ4v) is 2.72. The molecule has 0 amide bonds. The Hall–Kier alpha value is -1.68. The third-order valence-electron chi connectivity index (χ3n) is 4.11. The zero-order valence-electron chi connectivity index (χ0n) is 13.6. The standard InChI is InChI=1S/C15H26N4O5/c16-5-3-1-2-4-6-17-10-8-19(15(23)18-14(10)22)13-7-11(21)12(9-20)24-13/h8,11-13,17,20-21H,1-7,9,16H2,(H,18,22,23)/t11-,12+,13+/m0/s1. The lowest BCUT2D eigenvalue weighted by molar-refractivity contribution is -0.0458. The van der Waals surface area contributed by atoms with Crippen LogP contribution < -0.4 is 22.3 Å². The van der Waals surface area contributed by atoms with Crippen LogP contribution in [0.25, 0.3) is 0 Å². The Morgan fingerprint density at radius 2 is 2.08 bits per heavy atom. The molecule has 0 spiro atoms. The molecular formula is C15H26N4O5. The molecule has 1 aromatic heterocycles. The number of H-pyrrole nitrogens is 1. The fourth-order valence-electron chi connectivity index (χ4n) is 2.72. The number of aromatic nitrogens is 2. The van der Waals surface area contributed by atoms with Crippen LogP contribution in [0.2, 0.25) is 0 Å². The molecule has 0 aliphatic carbocycles. The van der Waals surface area contributed by atoms with E-state index < -0.39 is 29.7 Å². The summed E-state index contributed by atoms with van der Waals surface area (Å²) in [4.78, 5) is 26.1. The fraction of sp³-hybridized carbons (Fsp3) is 0.733. The summed E-state index contributed by atoms with van der Waals surface area (Å²) in [6, 6.07) is 0. The van der Waals surface area contributed by atoms with Crippen LogP contribution >= 0.6 is 0 Å². The van der Waals surface area contributed by atoms with Crippen molar-refractivity contribution in [3.8, 4) is 0 Å². The van der Waals surface area contributed by atoms with Gasteiger partial charge in [0.05, 0.1) is 12.7 Å². The van der Waals surface area contributed by atoms with Crippen molar-refractivity contribution in [2.45, 2.75) is 50.5 Å². The van der Waals surface area contributed by atoms with Crippen molar-refractivity contribution in [2.75, 3.05) is 25.0 Å². The first-order valence-electron chi connectivity index (χ1n) is 8.30. The van der Waals surface area contributed by atoms with Crippen molar-refractivity contribution in [2.24, 2.45) is 5.73 Å². The van der Waals surface area contributed by atoms with Crippen LogP contribution in [0, 0.1) is 0 Å². The molecule has 1 saturated heterocycles. The molecule has 24 heavy (non-hydrogen) atoms. The van der Waals surface area contributed by atoms with Crippen LogP contribution in [0.3, 0.4) is 0 Å². The van der Waals surface area contributed by atoms with E-state index in [1.165, 1.54) is 10.8 Å². The van der Waals surface area contributed by atoms with E-state index >= 15 is 0 Å². The second-order valence-corrected chi connectivity index (χ2v) is 5.95. The van der Waals surface area contributed by atoms with Gasteiger partial charge in [-0.2, -0.15) is 0 Å². The van der Waals surface area contributed by atoms with E-state index in [2.05, 4.69) is 10.3 Å². The van der Waals surface area contributed by atoms with E-state index in [9.17, 15) is 14.7 Å². The first kappa shape index (κ1) is 18.7. The number of nitrogens with one attached hydrogen (secondary N) is 2. The predicted octanol–water partition coefficient (Wildman–Crippen LogP) is -0.892. The summed E-state index contributed by atoms with van der Waals surface area (Å²) in [6.45, 7) is 0.961. The SMILES string of the molecule is NCCCCCCNc1cn([C@H]2C[C@H](O)[C@@H](CO)O2)c(=O)[nH]c1=O. The molecule has 9 heteroatoms. The first-order chi connectivity index (χ1) is 11.6. The van der Waals surface area contributed by atoms with Gasteiger partial charge in [0.2, 0.25) is 0 Å². The molecule has 9 nitrogen and oxygen atoms in total. The number of rotatable bonds is 9. The Kier molecular flexibility index (Phi) is 6.98. The van der Waals surface area contributed by atoms with E-state index in [1.54, 1.807) is 0 Å². The molecule has 3 atom stereocenters. The molecule has 2 rings (SSSR count). The number of nitrogens with zero attached hydrogens (tertiary/aromatic N) is 1. The smallest absolute Gasteiger partial charge is 0.330 e. The van der Waals surface area contributed by atoms with Gasteiger partial charge in [0, 0.05) is 19.2 Å². The third-order valence-corrected chi connectivity index (χ3v) is 4.11. The van der Waals surface area contributed by atoms with E-state index in [-0.39, 0.29) is 18.7 Å². The molecule has 1 aliphatic heterocycles. The molecular weight excluding hydrogens is 316 g/mol. The molecule has 1 aliphatic rings. The summed E-state index contributed by atoms with van der Waals surface area (Å²) in [6.07, 6.45) is 3.22. The van der Waals surface area contributed by atoms with Gasteiger partial charge in [-0.25, -0.2) is 4.79 Å². The van der Waals surface area contributed by atoms with Gasteiger partial charge in [0.25, 0.3) is 5.56 Å². The number of ether oxygens (including phenoxy) is 1. The zero-order valence-corrected chi connectivity index (χ0v) is 13.6. The lowest BCUT2D eigenvalue weighted by Gasteiger charge is -2.15. The van der Waals surface area contributed by atoms with Crippen molar-refractivity contribution < 1.29 is 14.9 Å². The monoisotopic (exact) mass is 342 g/mol. The number of unbranched alkanes of at least 4 members (excludes halogenated alkanes) is 3. The van der Waals surface area contributed by atoms with E-state index in [0.29, 0.717) is 13.1 Å². The van der Waals surface area contributed by atoms with Gasteiger partial charge < -0.3 is 26.0 Å². The van der Waals surface area contributed by atoms with Crippen molar-refractivity contribution in [1.82, 2.24) is 9.55 Å². The molecule has 0 unspecified atom stereocenters. The van der Waals surface area contributed by atoms with Crippen LogP contribution in [-0.2, 0) is 4.74 Å².